The molecule has 2 aliphatic rings. The first-order valence-corrected chi connectivity index (χ1v) is 5.56. The molecule has 2 heteroatoms. The van der Waals surface area contributed by atoms with E-state index >= 15 is 0 Å². The van der Waals surface area contributed by atoms with Gasteiger partial charge < -0.3 is 5.11 Å². The van der Waals surface area contributed by atoms with Gasteiger partial charge in [0.1, 0.15) is 6.23 Å². The molecule has 2 atom stereocenters. The predicted molar refractivity (Wildman–Crippen MR) is 57.9 cm³/mol. The van der Waals surface area contributed by atoms with Crippen LogP contribution in [0, 0.1) is 0 Å². The van der Waals surface area contributed by atoms with Gasteiger partial charge in [-0.25, -0.2) is 0 Å². The third-order valence-electron chi connectivity index (χ3n) is 3.20. The van der Waals surface area contributed by atoms with E-state index < -0.39 is 0 Å². The average Bonchev–Trinajstić information content (AvgIpc) is 2.20. The van der Waals surface area contributed by atoms with E-state index in [0.29, 0.717) is 6.04 Å². The number of aliphatic hydroxyl groups excluding tert-OH is 1. The summed E-state index contributed by atoms with van der Waals surface area (Å²) >= 11 is 0. The molecule has 14 heavy (non-hydrogen) atoms. The van der Waals surface area contributed by atoms with E-state index in [2.05, 4.69) is 30.1 Å². The highest BCUT2D eigenvalue weighted by atomic mass is 16.3. The molecular weight excluding hydrogens is 174 g/mol. The van der Waals surface area contributed by atoms with Gasteiger partial charge in [0.15, 0.2) is 0 Å². The first-order valence-electron chi connectivity index (χ1n) is 5.56. The first-order chi connectivity index (χ1) is 6.77. The van der Waals surface area contributed by atoms with Crippen molar-refractivity contribution in [1.82, 2.24) is 4.90 Å². The molecule has 0 aromatic carbocycles. The number of piperidine rings is 1. The fraction of sp³-hybridized carbons (Fsp3) is 0.667. The molecule has 0 amide bonds. The Hall–Kier alpha value is -0.600. The quantitative estimate of drug-likeness (QED) is 0.689. The summed E-state index contributed by atoms with van der Waals surface area (Å²) in [6.07, 6.45) is 10.8. The molecule has 78 valence electrons. The molecule has 1 aliphatic carbocycles. The van der Waals surface area contributed by atoms with Crippen LogP contribution in [0.25, 0.3) is 0 Å². The molecular formula is C12H19NO. The summed E-state index contributed by atoms with van der Waals surface area (Å²) in [4.78, 5) is 2.23. The minimum atomic E-state index is -0.217. The fourth-order valence-electron chi connectivity index (χ4n) is 2.29. The van der Waals surface area contributed by atoms with Crippen LogP contribution in [0.2, 0.25) is 0 Å². The maximum Gasteiger partial charge on any atom is 0.107 e. The lowest BCUT2D eigenvalue weighted by atomic mass is 9.99. The second kappa shape index (κ2) is 4.28. The molecule has 1 fully saturated rings. The highest BCUT2D eigenvalue weighted by Crippen LogP contribution is 2.23. The maximum absolute atomic E-state index is 9.86. The number of rotatable bonds is 1. The lowest BCUT2D eigenvalue weighted by molar-refractivity contribution is -0.0392. The SMILES string of the molecule is CC1=CCC(N2CCCCC2O)C=C1. The van der Waals surface area contributed by atoms with Crippen molar-refractivity contribution in [3.8, 4) is 0 Å². The predicted octanol–water partition coefficient (Wildman–Crippen LogP) is 2.07. The van der Waals surface area contributed by atoms with E-state index in [9.17, 15) is 5.11 Å². The van der Waals surface area contributed by atoms with Crippen LogP contribution in [0.1, 0.15) is 32.6 Å². The molecule has 1 aliphatic heterocycles. The molecule has 2 unspecified atom stereocenters. The molecule has 0 spiro atoms. The Balaban J connectivity index is 1.98. The van der Waals surface area contributed by atoms with Crippen molar-refractivity contribution in [1.29, 1.82) is 0 Å². The summed E-state index contributed by atoms with van der Waals surface area (Å²) in [5.41, 5.74) is 1.34. The van der Waals surface area contributed by atoms with Crippen molar-refractivity contribution < 1.29 is 5.11 Å². The zero-order chi connectivity index (χ0) is 9.97. The monoisotopic (exact) mass is 193 g/mol. The fourth-order valence-corrected chi connectivity index (χ4v) is 2.29. The van der Waals surface area contributed by atoms with Crippen LogP contribution < -0.4 is 0 Å². The van der Waals surface area contributed by atoms with Crippen LogP contribution in [-0.4, -0.2) is 28.8 Å². The Kier molecular flexibility index (Phi) is 3.04. The average molecular weight is 193 g/mol. The standard InChI is InChI=1S/C12H19NO/c1-10-5-7-11(8-6-10)13-9-3-2-4-12(13)14/h5-7,11-12,14H,2-4,8-9H2,1H3. The molecule has 0 saturated carbocycles. The second-order valence-electron chi connectivity index (χ2n) is 4.32. The number of hydrogen-bond acceptors (Lipinski definition) is 2. The molecule has 0 aromatic heterocycles. The second-order valence-corrected chi connectivity index (χ2v) is 4.32. The highest BCUT2D eigenvalue weighted by molar-refractivity contribution is 5.23. The number of nitrogens with zero attached hydrogens (tertiary/aromatic N) is 1. The van der Waals surface area contributed by atoms with E-state index in [1.165, 1.54) is 18.4 Å². The molecule has 1 heterocycles. The molecule has 0 radical (unpaired) electrons. The van der Waals surface area contributed by atoms with Crippen molar-refractivity contribution in [2.45, 2.75) is 44.9 Å². The van der Waals surface area contributed by atoms with Crippen LogP contribution >= 0.6 is 0 Å². The molecule has 1 N–H and O–H groups in total. The number of likely N-dealkylation sites (tertiary alicyclic amines) is 1. The third kappa shape index (κ3) is 2.07. The van der Waals surface area contributed by atoms with Crippen molar-refractivity contribution in [2.24, 2.45) is 0 Å². The summed E-state index contributed by atoms with van der Waals surface area (Å²) < 4.78 is 0. The molecule has 0 bridgehead atoms. The molecule has 2 rings (SSSR count). The highest BCUT2D eigenvalue weighted by Gasteiger charge is 2.25. The van der Waals surface area contributed by atoms with Crippen LogP contribution in [0.4, 0.5) is 0 Å². The lowest BCUT2D eigenvalue weighted by Crippen LogP contribution is -2.45. The summed E-state index contributed by atoms with van der Waals surface area (Å²) in [7, 11) is 0. The van der Waals surface area contributed by atoms with Crippen molar-refractivity contribution in [3.05, 3.63) is 23.8 Å². The minimum absolute atomic E-state index is 0.217. The van der Waals surface area contributed by atoms with Gasteiger partial charge in [0, 0.05) is 12.6 Å². The van der Waals surface area contributed by atoms with Gasteiger partial charge in [0.05, 0.1) is 0 Å². The third-order valence-corrected chi connectivity index (χ3v) is 3.20. The minimum Gasteiger partial charge on any atom is -0.378 e. The van der Waals surface area contributed by atoms with Crippen LogP contribution in [0.5, 0.6) is 0 Å². The van der Waals surface area contributed by atoms with Gasteiger partial charge in [-0.05, 0) is 32.6 Å². The number of hydrogen-bond donors (Lipinski definition) is 1. The van der Waals surface area contributed by atoms with Crippen molar-refractivity contribution in [2.75, 3.05) is 6.54 Å². The van der Waals surface area contributed by atoms with Gasteiger partial charge >= 0.3 is 0 Å². The Morgan fingerprint density at radius 2 is 2.29 bits per heavy atom. The van der Waals surface area contributed by atoms with E-state index in [1.54, 1.807) is 0 Å². The zero-order valence-corrected chi connectivity index (χ0v) is 8.82. The molecule has 1 saturated heterocycles. The molecule has 0 aromatic rings. The first kappa shape index (κ1) is 9.94. The Morgan fingerprint density at radius 1 is 1.43 bits per heavy atom. The van der Waals surface area contributed by atoms with E-state index in [4.69, 9.17) is 0 Å². The maximum atomic E-state index is 9.86. The van der Waals surface area contributed by atoms with Gasteiger partial charge in [-0.15, -0.1) is 0 Å². The lowest BCUT2D eigenvalue weighted by Gasteiger charge is -2.37. The molecule has 2 nitrogen and oxygen atoms in total. The summed E-state index contributed by atoms with van der Waals surface area (Å²) in [6.45, 7) is 3.17. The summed E-state index contributed by atoms with van der Waals surface area (Å²) in [5, 5.41) is 9.86. The Labute approximate surface area is 85.9 Å². The van der Waals surface area contributed by atoms with Gasteiger partial charge in [-0.2, -0.15) is 0 Å². The summed E-state index contributed by atoms with van der Waals surface area (Å²) in [6, 6.07) is 0.425. The Morgan fingerprint density at radius 3 is 2.93 bits per heavy atom. The van der Waals surface area contributed by atoms with E-state index in [1.807, 2.05) is 0 Å². The van der Waals surface area contributed by atoms with Crippen LogP contribution in [0.15, 0.2) is 23.8 Å². The summed E-state index contributed by atoms with van der Waals surface area (Å²) in [5.74, 6) is 0. The normalized spacial score (nSPS) is 34.3. The van der Waals surface area contributed by atoms with E-state index in [0.717, 1.165) is 19.4 Å². The largest absolute Gasteiger partial charge is 0.378 e. The van der Waals surface area contributed by atoms with Gasteiger partial charge in [0.25, 0.3) is 0 Å². The zero-order valence-electron chi connectivity index (χ0n) is 8.82. The topological polar surface area (TPSA) is 23.5 Å². The smallest absolute Gasteiger partial charge is 0.107 e. The van der Waals surface area contributed by atoms with Crippen LogP contribution in [-0.2, 0) is 0 Å². The van der Waals surface area contributed by atoms with Crippen LogP contribution in [0.3, 0.4) is 0 Å². The number of allylic oxidation sites excluding steroid dienone is 2. The Bertz CT molecular complexity index is 257. The van der Waals surface area contributed by atoms with Gasteiger partial charge in [-0.1, -0.05) is 23.8 Å². The van der Waals surface area contributed by atoms with Gasteiger partial charge in [0.2, 0.25) is 0 Å². The van der Waals surface area contributed by atoms with Crippen molar-refractivity contribution >= 4 is 0 Å². The van der Waals surface area contributed by atoms with Gasteiger partial charge in [-0.3, -0.25) is 4.90 Å². The number of aliphatic hydroxyl groups is 1. The van der Waals surface area contributed by atoms with Crippen molar-refractivity contribution in [3.63, 3.8) is 0 Å². The van der Waals surface area contributed by atoms with E-state index in [-0.39, 0.29) is 6.23 Å².